The van der Waals surface area contributed by atoms with Crippen molar-refractivity contribution in [2.24, 2.45) is 5.92 Å². The number of benzene rings is 1. The number of carbonyl (C=O) groups is 2. The Morgan fingerprint density at radius 2 is 2.00 bits per heavy atom. The van der Waals surface area contributed by atoms with Gasteiger partial charge in [0.25, 0.3) is 11.8 Å². The van der Waals surface area contributed by atoms with E-state index in [4.69, 9.17) is 4.74 Å². The second-order valence-electron chi connectivity index (χ2n) is 9.44. The Kier molecular flexibility index (Phi) is 7.64. The quantitative estimate of drug-likeness (QED) is 0.571. The second-order valence-corrected chi connectivity index (χ2v) is 9.44. The summed E-state index contributed by atoms with van der Waals surface area (Å²) in [4.78, 5) is 38.5. The highest BCUT2D eigenvalue weighted by atomic mass is 16.5. The first-order valence-electron chi connectivity index (χ1n) is 12.1. The van der Waals surface area contributed by atoms with Crippen molar-refractivity contribution in [1.82, 2.24) is 19.8 Å². The molecule has 0 saturated carbocycles. The molecule has 0 spiro atoms. The van der Waals surface area contributed by atoms with Gasteiger partial charge in [-0.05, 0) is 43.2 Å². The summed E-state index contributed by atoms with van der Waals surface area (Å²) in [5, 5.41) is 9.88. The van der Waals surface area contributed by atoms with Crippen LogP contribution < -0.4 is 4.74 Å². The van der Waals surface area contributed by atoms with Crippen molar-refractivity contribution < 1.29 is 19.4 Å². The summed E-state index contributed by atoms with van der Waals surface area (Å²) in [6.45, 7) is 6.31. The maximum atomic E-state index is 13.6. The van der Waals surface area contributed by atoms with Crippen molar-refractivity contribution in [3.63, 3.8) is 0 Å². The standard InChI is InChI=1S/C28H32N4O4/c1-18-8-5-6-10-23(18)22-12-24-26(30-14-22)36-25(19(2)15-32(28(24)35)20(3)17-33)16-31(4)27(34)21-9-7-11-29-13-21/h5-14,19-20,25,33H,15-17H2,1-4H3/t19-,20+,25-/m0/s1. The third-order valence-corrected chi connectivity index (χ3v) is 6.69. The molecule has 1 aliphatic heterocycles. The molecule has 8 heteroatoms. The van der Waals surface area contributed by atoms with Crippen molar-refractivity contribution in [3.8, 4) is 17.0 Å². The van der Waals surface area contributed by atoms with Crippen LogP contribution in [0.25, 0.3) is 11.1 Å². The van der Waals surface area contributed by atoms with Gasteiger partial charge < -0.3 is 19.6 Å². The molecule has 0 unspecified atom stereocenters. The number of aromatic nitrogens is 2. The monoisotopic (exact) mass is 488 g/mol. The van der Waals surface area contributed by atoms with E-state index in [2.05, 4.69) is 9.97 Å². The van der Waals surface area contributed by atoms with Crippen LogP contribution in [0.4, 0.5) is 0 Å². The number of ether oxygens (including phenoxy) is 1. The van der Waals surface area contributed by atoms with E-state index in [1.807, 2.05) is 51.1 Å². The van der Waals surface area contributed by atoms with E-state index >= 15 is 0 Å². The van der Waals surface area contributed by atoms with Crippen LogP contribution in [0.1, 0.15) is 40.1 Å². The van der Waals surface area contributed by atoms with Gasteiger partial charge in [0, 0.05) is 43.7 Å². The molecule has 0 saturated heterocycles. The smallest absolute Gasteiger partial charge is 0.259 e. The Labute approximate surface area is 211 Å². The Morgan fingerprint density at radius 1 is 1.22 bits per heavy atom. The van der Waals surface area contributed by atoms with E-state index in [1.165, 1.54) is 6.20 Å². The van der Waals surface area contributed by atoms with E-state index in [1.54, 1.807) is 41.4 Å². The number of nitrogens with zero attached hydrogens (tertiary/aromatic N) is 4. The Morgan fingerprint density at radius 3 is 2.69 bits per heavy atom. The summed E-state index contributed by atoms with van der Waals surface area (Å²) in [5.74, 6) is -0.301. The molecular weight excluding hydrogens is 456 g/mol. The average Bonchev–Trinajstić information content (AvgIpc) is 2.90. The number of hydrogen-bond acceptors (Lipinski definition) is 6. The zero-order valence-corrected chi connectivity index (χ0v) is 21.1. The Bertz CT molecular complexity index is 1230. The molecule has 1 aromatic carbocycles. The van der Waals surface area contributed by atoms with Crippen molar-refractivity contribution in [1.29, 1.82) is 0 Å². The van der Waals surface area contributed by atoms with Gasteiger partial charge in [-0.15, -0.1) is 0 Å². The molecule has 0 fully saturated rings. The molecule has 1 aliphatic rings. The molecule has 1 N–H and O–H groups in total. The molecule has 8 nitrogen and oxygen atoms in total. The summed E-state index contributed by atoms with van der Waals surface area (Å²) in [5.41, 5.74) is 3.70. The molecule has 0 bridgehead atoms. The number of aliphatic hydroxyl groups is 1. The van der Waals surface area contributed by atoms with E-state index in [-0.39, 0.29) is 36.3 Å². The zero-order valence-electron chi connectivity index (χ0n) is 21.1. The van der Waals surface area contributed by atoms with Crippen molar-refractivity contribution in [3.05, 3.63) is 77.7 Å². The minimum absolute atomic E-state index is 0.127. The van der Waals surface area contributed by atoms with E-state index in [0.29, 0.717) is 24.2 Å². The van der Waals surface area contributed by atoms with Crippen LogP contribution in [0.2, 0.25) is 0 Å². The summed E-state index contributed by atoms with van der Waals surface area (Å²) >= 11 is 0. The highest BCUT2D eigenvalue weighted by Crippen LogP contribution is 2.31. The summed E-state index contributed by atoms with van der Waals surface area (Å²) in [7, 11) is 1.72. The number of likely N-dealkylation sites (N-methyl/N-ethyl adjacent to an activating group) is 1. The first kappa shape index (κ1) is 25.3. The van der Waals surface area contributed by atoms with Crippen LogP contribution in [-0.4, -0.2) is 75.6 Å². The molecule has 4 rings (SSSR count). The van der Waals surface area contributed by atoms with Gasteiger partial charge in [0.2, 0.25) is 5.88 Å². The molecule has 3 heterocycles. The van der Waals surface area contributed by atoms with Gasteiger partial charge in [-0.1, -0.05) is 31.2 Å². The molecule has 188 valence electrons. The second kappa shape index (κ2) is 10.9. The van der Waals surface area contributed by atoms with Gasteiger partial charge in [-0.3, -0.25) is 14.6 Å². The van der Waals surface area contributed by atoms with Gasteiger partial charge in [0.05, 0.1) is 24.8 Å². The SMILES string of the molecule is Cc1ccccc1-c1cnc2c(c1)C(=O)N([C@H](C)CO)C[C@H](C)[C@H](CN(C)C(=O)c1cccnc1)O2. The molecular formula is C28H32N4O4. The lowest BCUT2D eigenvalue weighted by atomic mass is 9.98. The van der Waals surface area contributed by atoms with Gasteiger partial charge in [0.1, 0.15) is 11.7 Å². The number of fused-ring (bicyclic) bond motifs is 1. The normalized spacial score (nSPS) is 18.5. The van der Waals surface area contributed by atoms with Crippen LogP contribution in [0, 0.1) is 12.8 Å². The molecule has 0 radical (unpaired) electrons. The Balaban J connectivity index is 1.70. The lowest BCUT2D eigenvalue weighted by Gasteiger charge is -2.37. The average molecular weight is 489 g/mol. The van der Waals surface area contributed by atoms with Crippen LogP contribution in [0.5, 0.6) is 5.88 Å². The summed E-state index contributed by atoms with van der Waals surface area (Å²) in [6, 6.07) is 12.8. The maximum Gasteiger partial charge on any atom is 0.259 e. The molecule has 36 heavy (non-hydrogen) atoms. The van der Waals surface area contributed by atoms with E-state index in [9.17, 15) is 14.7 Å². The predicted octanol–water partition coefficient (Wildman–Crippen LogP) is 3.44. The largest absolute Gasteiger partial charge is 0.472 e. The number of carbonyl (C=O) groups excluding carboxylic acids is 2. The van der Waals surface area contributed by atoms with Gasteiger partial charge in [-0.25, -0.2) is 4.98 Å². The fraction of sp³-hybridized carbons (Fsp3) is 0.357. The highest BCUT2D eigenvalue weighted by molar-refractivity contribution is 5.98. The van der Waals surface area contributed by atoms with Crippen molar-refractivity contribution in [2.45, 2.75) is 32.9 Å². The minimum atomic E-state index is -0.423. The van der Waals surface area contributed by atoms with E-state index in [0.717, 1.165) is 16.7 Å². The molecule has 2 amide bonds. The van der Waals surface area contributed by atoms with Crippen LogP contribution in [-0.2, 0) is 0 Å². The number of rotatable bonds is 6. The fourth-order valence-electron chi connectivity index (χ4n) is 4.43. The zero-order chi connectivity index (χ0) is 25.8. The molecule has 0 aliphatic carbocycles. The first-order chi connectivity index (χ1) is 17.3. The Hall–Kier alpha value is -3.78. The van der Waals surface area contributed by atoms with Crippen LogP contribution in [0.3, 0.4) is 0 Å². The lowest BCUT2D eigenvalue weighted by molar-refractivity contribution is 0.0313. The van der Waals surface area contributed by atoms with E-state index < -0.39 is 6.10 Å². The number of aliphatic hydroxyl groups excluding tert-OH is 1. The van der Waals surface area contributed by atoms with Gasteiger partial charge >= 0.3 is 0 Å². The third kappa shape index (κ3) is 5.23. The molecule has 2 aromatic heterocycles. The number of aryl methyl sites for hydroxylation is 1. The number of hydrogen-bond donors (Lipinski definition) is 1. The number of amides is 2. The van der Waals surface area contributed by atoms with Crippen molar-refractivity contribution >= 4 is 11.8 Å². The topological polar surface area (TPSA) is 95.9 Å². The summed E-state index contributed by atoms with van der Waals surface area (Å²) < 4.78 is 6.33. The van der Waals surface area contributed by atoms with Gasteiger partial charge in [0.15, 0.2) is 0 Å². The summed E-state index contributed by atoms with van der Waals surface area (Å²) in [6.07, 6.45) is 4.45. The fourth-order valence-corrected chi connectivity index (χ4v) is 4.43. The van der Waals surface area contributed by atoms with Crippen LogP contribution in [0.15, 0.2) is 61.1 Å². The molecule has 3 aromatic rings. The van der Waals surface area contributed by atoms with Crippen LogP contribution >= 0.6 is 0 Å². The molecule has 3 atom stereocenters. The maximum absolute atomic E-state index is 13.6. The highest BCUT2D eigenvalue weighted by Gasteiger charge is 2.35. The minimum Gasteiger partial charge on any atom is -0.472 e. The predicted molar refractivity (Wildman–Crippen MR) is 137 cm³/mol. The third-order valence-electron chi connectivity index (χ3n) is 6.69. The number of pyridine rings is 2. The first-order valence-corrected chi connectivity index (χ1v) is 12.1. The van der Waals surface area contributed by atoms with Crippen molar-refractivity contribution in [2.75, 3.05) is 26.7 Å². The van der Waals surface area contributed by atoms with Gasteiger partial charge in [-0.2, -0.15) is 0 Å². The lowest BCUT2D eigenvalue weighted by Crippen LogP contribution is -2.50.